The number of hydrogen-bond acceptors (Lipinski definition) is 1. The standard InChI is InChI=1S/C18H24BrNO/c1-3-4-16(19)11-13-5-8-17-15(10-13)9-12(2)20(17)18(21)14-6-7-14/h5,8,10,12,14,16H,3-4,6-7,9,11H2,1-2H3. The van der Waals surface area contributed by atoms with Gasteiger partial charge in [0, 0.05) is 22.5 Å². The highest BCUT2D eigenvalue weighted by atomic mass is 79.9. The lowest BCUT2D eigenvalue weighted by molar-refractivity contribution is -0.120. The molecule has 1 aromatic carbocycles. The van der Waals surface area contributed by atoms with E-state index in [0.29, 0.717) is 22.7 Å². The summed E-state index contributed by atoms with van der Waals surface area (Å²) in [6.07, 6.45) is 6.66. The molecule has 1 amide bonds. The summed E-state index contributed by atoms with van der Waals surface area (Å²) in [5, 5.41) is 0. The number of halogens is 1. The van der Waals surface area contributed by atoms with Gasteiger partial charge in [-0.05, 0) is 56.2 Å². The largest absolute Gasteiger partial charge is 0.309 e. The molecule has 0 aromatic heterocycles. The molecule has 2 nitrogen and oxygen atoms in total. The van der Waals surface area contributed by atoms with E-state index in [1.54, 1.807) is 0 Å². The minimum atomic E-state index is 0.301. The van der Waals surface area contributed by atoms with Gasteiger partial charge in [0.05, 0.1) is 0 Å². The molecule has 0 saturated heterocycles. The fourth-order valence-electron chi connectivity index (χ4n) is 3.35. The minimum Gasteiger partial charge on any atom is -0.309 e. The van der Waals surface area contributed by atoms with Gasteiger partial charge in [0.1, 0.15) is 0 Å². The van der Waals surface area contributed by atoms with Crippen LogP contribution in [0.15, 0.2) is 18.2 Å². The highest BCUT2D eigenvalue weighted by molar-refractivity contribution is 9.09. The zero-order valence-electron chi connectivity index (χ0n) is 12.9. The third kappa shape index (κ3) is 3.18. The number of carbonyl (C=O) groups excluding carboxylic acids is 1. The zero-order chi connectivity index (χ0) is 15.0. The molecule has 1 aliphatic heterocycles. The third-order valence-electron chi connectivity index (χ3n) is 4.58. The number of alkyl halides is 1. The Morgan fingerprint density at radius 1 is 1.43 bits per heavy atom. The first kappa shape index (κ1) is 15.1. The average Bonchev–Trinajstić information content (AvgIpc) is 3.21. The van der Waals surface area contributed by atoms with E-state index in [2.05, 4.69) is 52.9 Å². The van der Waals surface area contributed by atoms with Crippen LogP contribution in [0.5, 0.6) is 0 Å². The van der Waals surface area contributed by atoms with Gasteiger partial charge in [-0.2, -0.15) is 0 Å². The lowest BCUT2D eigenvalue weighted by Crippen LogP contribution is -2.36. The van der Waals surface area contributed by atoms with Gasteiger partial charge in [-0.15, -0.1) is 0 Å². The number of benzene rings is 1. The van der Waals surface area contributed by atoms with Gasteiger partial charge < -0.3 is 4.90 Å². The molecule has 21 heavy (non-hydrogen) atoms. The summed E-state index contributed by atoms with van der Waals surface area (Å²) in [6, 6.07) is 7.00. The Kier molecular flexibility index (Phi) is 4.39. The molecule has 114 valence electrons. The zero-order valence-corrected chi connectivity index (χ0v) is 14.5. The lowest BCUT2D eigenvalue weighted by atomic mass is 10.0. The summed E-state index contributed by atoms with van der Waals surface area (Å²) >= 11 is 3.77. The van der Waals surface area contributed by atoms with Gasteiger partial charge in [-0.25, -0.2) is 0 Å². The maximum Gasteiger partial charge on any atom is 0.230 e. The van der Waals surface area contributed by atoms with Crippen LogP contribution in [0.1, 0.15) is 50.7 Å². The fourth-order valence-corrected chi connectivity index (χ4v) is 4.18. The van der Waals surface area contributed by atoms with Crippen LogP contribution in [0, 0.1) is 5.92 Å². The van der Waals surface area contributed by atoms with E-state index in [-0.39, 0.29) is 0 Å². The van der Waals surface area contributed by atoms with E-state index in [0.717, 1.165) is 31.4 Å². The molecule has 1 saturated carbocycles. The number of hydrogen-bond donors (Lipinski definition) is 0. The first-order valence-electron chi connectivity index (χ1n) is 8.19. The van der Waals surface area contributed by atoms with E-state index in [9.17, 15) is 4.79 Å². The Morgan fingerprint density at radius 2 is 2.19 bits per heavy atom. The van der Waals surface area contributed by atoms with Crippen molar-refractivity contribution in [2.45, 2.75) is 63.2 Å². The SMILES string of the molecule is CCCC(Br)Cc1ccc2c(c1)CC(C)N2C(=O)C1CC1. The maximum atomic E-state index is 12.4. The normalized spacial score (nSPS) is 22.2. The van der Waals surface area contributed by atoms with Crippen LogP contribution < -0.4 is 4.90 Å². The van der Waals surface area contributed by atoms with Gasteiger partial charge in [0.2, 0.25) is 5.91 Å². The molecule has 2 unspecified atom stereocenters. The second-order valence-corrected chi connectivity index (χ2v) is 7.88. The molecule has 0 bridgehead atoms. The Morgan fingerprint density at radius 3 is 2.86 bits per heavy atom. The predicted molar refractivity (Wildman–Crippen MR) is 91.1 cm³/mol. The van der Waals surface area contributed by atoms with Crippen molar-refractivity contribution in [2.75, 3.05) is 4.90 Å². The number of nitrogens with zero attached hydrogens (tertiary/aromatic N) is 1. The number of amides is 1. The second kappa shape index (κ2) is 6.12. The summed E-state index contributed by atoms with van der Waals surface area (Å²) in [5.41, 5.74) is 3.90. The predicted octanol–water partition coefficient (Wildman–Crippen LogP) is 4.48. The third-order valence-corrected chi connectivity index (χ3v) is 5.36. The summed E-state index contributed by atoms with van der Waals surface area (Å²) in [5.74, 6) is 0.646. The molecule has 2 aliphatic rings. The summed E-state index contributed by atoms with van der Waals surface area (Å²) in [6.45, 7) is 4.39. The maximum absolute atomic E-state index is 12.4. The number of fused-ring (bicyclic) bond motifs is 1. The summed E-state index contributed by atoms with van der Waals surface area (Å²) in [7, 11) is 0. The van der Waals surface area contributed by atoms with Gasteiger partial charge in [0.25, 0.3) is 0 Å². The molecule has 1 heterocycles. The number of rotatable bonds is 5. The molecule has 0 radical (unpaired) electrons. The van der Waals surface area contributed by atoms with E-state index in [1.165, 1.54) is 24.0 Å². The molecule has 1 aliphatic carbocycles. The van der Waals surface area contributed by atoms with Crippen LogP contribution in [0.4, 0.5) is 5.69 Å². The number of carbonyl (C=O) groups is 1. The van der Waals surface area contributed by atoms with Crippen molar-refractivity contribution in [3.05, 3.63) is 29.3 Å². The van der Waals surface area contributed by atoms with Crippen molar-refractivity contribution < 1.29 is 4.79 Å². The van der Waals surface area contributed by atoms with Crippen molar-refractivity contribution in [3.8, 4) is 0 Å². The van der Waals surface area contributed by atoms with Gasteiger partial charge >= 0.3 is 0 Å². The van der Waals surface area contributed by atoms with Gasteiger partial charge in [0.15, 0.2) is 0 Å². The van der Waals surface area contributed by atoms with E-state index < -0.39 is 0 Å². The molecule has 3 rings (SSSR count). The first-order chi connectivity index (χ1) is 10.1. The van der Waals surface area contributed by atoms with Crippen molar-refractivity contribution in [1.82, 2.24) is 0 Å². The van der Waals surface area contributed by atoms with Crippen molar-refractivity contribution in [2.24, 2.45) is 5.92 Å². The molecular formula is C18H24BrNO. The topological polar surface area (TPSA) is 20.3 Å². The lowest BCUT2D eigenvalue weighted by Gasteiger charge is -2.22. The molecule has 0 spiro atoms. The van der Waals surface area contributed by atoms with Crippen LogP contribution >= 0.6 is 15.9 Å². The van der Waals surface area contributed by atoms with Gasteiger partial charge in [-0.1, -0.05) is 41.4 Å². The second-order valence-electron chi connectivity index (χ2n) is 6.59. The molecule has 1 aromatic rings. The van der Waals surface area contributed by atoms with E-state index in [1.807, 2.05) is 0 Å². The molecule has 2 atom stereocenters. The Labute approximate surface area is 136 Å². The van der Waals surface area contributed by atoms with Crippen LogP contribution in [-0.4, -0.2) is 16.8 Å². The first-order valence-corrected chi connectivity index (χ1v) is 9.10. The van der Waals surface area contributed by atoms with Crippen LogP contribution in [0.3, 0.4) is 0 Å². The number of anilines is 1. The van der Waals surface area contributed by atoms with Crippen LogP contribution in [0.2, 0.25) is 0 Å². The highest BCUT2D eigenvalue weighted by Crippen LogP contribution is 2.39. The Balaban J connectivity index is 1.77. The minimum absolute atomic E-state index is 0.301. The van der Waals surface area contributed by atoms with Crippen LogP contribution in [-0.2, 0) is 17.6 Å². The monoisotopic (exact) mass is 349 g/mol. The van der Waals surface area contributed by atoms with Gasteiger partial charge in [-0.3, -0.25) is 4.79 Å². The quantitative estimate of drug-likeness (QED) is 0.717. The summed E-state index contributed by atoms with van der Waals surface area (Å²) in [4.78, 5) is 15.1. The van der Waals surface area contributed by atoms with E-state index in [4.69, 9.17) is 0 Å². The summed E-state index contributed by atoms with van der Waals surface area (Å²) < 4.78 is 0. The molecule has 1 fully saturated rings. The van der Waals surface area contributed by atoms with Crippen LogP contribution in [0.25, 0.3) is 0 Å². The van der Waals surface area contributed by atoms with Crippen molar-refractivity contribution >= 4 is 27.5 Å². The average molecular weight is 350 g/mol. The molecular weight excluding hydrogens is 326 g/mol. The highest BCUT2D eigenvalue weighted by Gasteiger charge is 2.39. The fraction of sp³-hybridized carbons (Fsp3) is 0.611. The smallest absolute Gasteiger partial charge is 0.230 e. The van der Waals surface area contributed by atoms with Crippen molar-refractivity contribution in [3.63, 3.8) is 0 Å². The Bertz CT molecular complexity index is 538. The Hall–Kier alpha value is -0.830. The van der Waals surface area contributed by atoms with Crippen molar-refractivity contribution in [1.29, 1.82) is 0 Å². The van der Waals surface area contributed by atoms with E-state index >= 15 is 0 Å². The molecule has 3 heteroatoms. The molecule has 0 N–H and O–H groups in total.